The van der Waals surface area contributed by atoms with Crippen molar-refractivity contribution in [1.29, 1.82) is 5.26 Å². The van der Waals surface area contributed by atoms with Crippen molar-refractivity contribution in [1.82, 2.24) is 0 Å². The maximum absolute atomic E-state index is 12.6. The molecule has 0 radical (unpaired) electrons. The Morgan fingerprint density at radius 3 is 2.53 bits per heavy atom. The summed E-state index contributed by atoms with van der Waals surface area (Å²) in [5.74, 6) is 0.540. The Morgan fingerprint density at radius 1 is 1.12 bits per heavy atom. The van der Waals surface area contributed by atoms with Crippen LogP contribution in [0.3, 0.4) is 0 Å². The Bertz CT molecular complexity index is 1200. The Hall–Kier alpha value is -3.08. The molecule has 3 aromatic rings. The van der Waals surface area contributed by atoms with Crippen molar-refractivity contribution >= 4 is 49.5 Å². The highest BCUT2D eigenvalue weighted by Gasteiger charge is 2.14. The topological polar surface area (TPSA) is 71.3 Å². The zero-order valence-corrected chi connectivity index (χ0v) is 20.7. The number of carbonyl (C=O) groups is 1. The van der Waals surface area contributed by atoms with Crippen LogP contribution in [0.5, 0.6) is 11.5 Å². The summed E-state index contributed by atoms with van der Waals surface area (Å²) in [7, 11) is 1.54. The van der Waals surface area contributed by atoms with Crippen molar-refractivity contribution in [2.45, 2.75) is 13.5 Å². The molecule has 32 heavy (non-hydrogen) atoms. The molecule has 7 heteroatoms. The number of methoxy groups -OCH3 is 1. The van der Waals surface area contributed by atoms with E-state index in [1.54, 1.807) is 18.2 Å². The maximum atomic E-state index is 12.6. The number of ether oxygens (including phenoxy) is 2. The zero-order valence-electron chi connectivity index (χ0n) is 17.5. The smallest absolute Gasteiger partial charge is 0.266 e. The summed E-state index contributed by atoms with van der Waals surface area (Å²) in [6.45, 7) is 2.29. The summed E-state index contributed by atoms with van der Waals surface area (Å²) in [4.78, 5) is 12.6. The van der Waals surface area contributed by atoms with Gasteiger partial charge in [0.2, 0.25) is 0 Å². The number of amides is 1. The third-order valence-electron chi connectivity index (χ3n) is 4.50. The van der Waals surface area contributed by atoms with Gasteiger partial charge in [-0.1, -0.05) is 40.2 Å². The van der Waals surface area contributed by atoms with Crippen LogP contribution in [0.4, 0.5) is 5.69 Å². The van der Waals surface area contributed by atoms with Crippen molar-refractivity contribution in [3.05, 3.63) is 91.9 Å². The molecule has 0 spiro atoms. The molecule has 3 rings (SSSR count). The average Bonchev–Trinajstić information content (AvgIpc) is 2.77. The molecule has 5 nitrogen and oxygen atoms in total. The first-order chi connectivity index (χ1) is 15.4. The summed E-state index contributed by atoms with van der Waals surface area (Å²) < 4.78 is 13.1. The third kappa shape index (κ3) is 6.22. The van der Waals surface area contributed by atoms with Gasteiger partial charge in [-0.25, -0.2) is 0 Å². The predicted molar refractivity (Wildman–Crippen MR) is 133 cm³/mol. The number of hydrogen-bond acceptors (Lipinski definition) is 4. The fourth-order valence-corrected chi connectivity index (χ4v) is 3.77. The molecule has 162 valence electrons. The number of rotatable bonds is 7. The number of benzene rings is 3. The monoisotopic (exact) mass is 554 g/mol. The van der Waals surface area contributed by atoms with E-state index in [4.69, 9.17) is 9.47 Å². The van der Waals surface area contributed by atoms with Crippen molar-refractivity contribution in [2.75, 3.05) is 12.4 Å². The van der Waals surface area contributed by atoms with Gasteiger partial charge in [-0.3, -0.25) is 4.79 Å². The first-order valence-corrected chi connectivity index (χ1v) is 11.2. The molecule has 0 aliphatic rings. The zero-order chi connectivity index (χ0) is 23.1. The van der Waals surface area contributed by atoms with Gasteiger partial charge in [0.1, 0.15) is 18.2 Å². The second kappa shape index (κ2) is 11.0. The quantitative estimate of drug-likeness (QED) is 0.261. The number of nitriles is 1. The normalized spacial score (nSPS) is 10.9. The van der Waals surface area contributed by atoms with Crippen LogP contribution in [0.1, 0.15) is 16.7 Å². The molecule has 0 aromatic heterocycles. The highest BCUT2D eigenvalue weighted by molar-refractivity contribution is 9.10. The average molecular weight is 556 g/mol. The first-order valence-electron chi connectivity index (χ1n) is 9.64. The third-order valence-corrected chi connectivity index (χ3v) is 5.62. The lowest BCUT2D eigenvalue weighted by Crippen LogP contribution is -2.13. The van der Waals surface area contributed by atoms with E-state index in [-0.39, 0.29) is 5.57 Å². The van der Waals surface area contributed by atoms with Crippen LogP contribution in [0.15, 0.2) is 75.2 Å². The van der Waals surface area contributed by atoms with Crippen molar-refractivity contribution in [3.8, 4) is 17.6 Å². The maximum Gasteiger partial charge on any atom is 0.266 e. The van der Waals surface area contributed by atoms with Crippen LogP contribution in [-0.2, 0) is 11.4 Å². The molecule has 1 amide bonds. The molecular weight excluding hydrogens is 536 g/mol. The number of hydrogen-bond donors (Lipinski definition) is 1. The van der Waals surface area contributed by atoms with Gasteiger partial charge >= 0.3 is 0 Å². The van der Waals surface area contributed by atoms with E-state index < -0.39 is 5.91 Å². The fraction of sp³-hybridized carbons (Fsp3) is 0.120. The lowest BCUT2D eigenvalue weighted by atomic mass is 10.1. The summed E-state index contributed by atoms with van der Waals surface area (Å²) >= 11 is 6.93. The van der Waals surface area contributed by atoms with Crippen molar-refractivity contribution in [2.24, 2.45) is 0 Å². The molecule has 0 saturated carbocycles. The molecule has 0 unspecified atom stereocenters. The van der Waals surface area contributed by atoms with Gasteiger partial charge in [0.25, 0.3) is 5.91 Å². The van der Waals surface area contributed by atoms with Gasteiger partial charge in [0.05, 0.1) is 11.6 Å². The van der Waals surface area contributed by atoms with Crippen molar-refractivity contribution < 1.29 is 14.3 Å². The van der Waals surface area contributed by atoms with E-state index in [0.717, 1.165) is 15.6 Å². The molecule has 1 N–H and O–H groups in total. The van der Waals surface area contributed by atoms with E-state index in [0.29, 0.717) is 33.8 Å². The molecular formula is C25H20Br2N2O3. The minimum absolute atomic E-state index is 0.0241. The van der Waals surface area contributed by atoms with Gasteiger partial charge in [0, 0.05) is 10.2 Å². The molecule has 0 atom stereocenters. The highest BCUT2D eigenvalue weighted by Crippen LogP contribution is 2.38. The van der Waals surface area contributed by atoms with Crippen molar-refractivity contribution in [3.63, 3.8) is 0 Å². The van der Waals surface area contributed by atoms with E-state index in [1.165, 1.54) is 13.2 Å². The molecule has 3 aromatic carbocycles. The number of halogens is 2. The first kappa shape index (κ1) is 23.6. The van der Waals surface area contributed by atoms with Crippen LogP contribution in [0.2, 0.25) is 0 Å². The molecule has 0 fully saturated rings. The predicted octanol–water partition coefficient (Wildman–Crippen LogP) is 6.65. The molecule has 0 aliphatic heterocycles. The van der Waals surface area contributed by atoms with Crippen LogP contribution < -0.4 is 14.8 Å². The molecule has 0 saturated heterocycles. The number of nitrogens with one attached hydrogen (secondary N) is 1. The Kier molecular flexibility index (Phi) is 8.09. The lowest BCUT2D eigenvalue weighted by Gasteiger charge is -2.14. The second-order valence-corrected chi connectivity index (χ2v) is 8.71. The summed E-state index contributed by atoms with van der Waals surface area (Å²) in [6.07, 6.45) is 1.51. The van der Waals surface area contributed by atoms with Gasteiger partial charge in [-0.15, -0.1) is 0 Å². The largest absolute Gasteiger partial charge is 0.493 e. The number of nitrogens with zero attached hydrogens (tertiary/aromatic N) is 1. The molecule has 0 bridgehead atoms. The van der Waals surface area contributed by atoms with E-state index in [9.17, 15) is 10.1 Å². The Labute approximate surface area is 203 Å². The minimum Gasteiger partial charge on any atom is -0.493 e. The molecule has 0 aliphatic carbocycles. The summed E-state index contributed by atoms with van der Waals surface area (Å²) in [5, 5.41) is 12.3. The fourth-order valence-electron chi connectivity index (χ4n) is 2.94. The van der Waals surface area contributed by atoms with E-state index >= 15 is 0 Å². The van der Waals surface area contributed by atoms with Gasteiger partial charge in [-0.05, 0) is 82.0 Å². The van der Waals surface area contributed by atoms with Crippen LogP contribution in [0.25, 0.3) is 6.08 Å². The van der Waals surface area contributed by atoms with Gasteiger partial charge in [-0.2, -0.15) is 5.26 Å². The Balaban J connectivity index is 1.81. The van der Waals surface area contributed by atoms with Crippen LogP contribution in [-0.4, -0.2) is 13.0 Å². The summed E-state index contributed by atoms with van der Waals surface area (Å²) in [6, 6.07) is 20.7. The molecule has 0 heterocycles. The number of carbonyl (C=O) groups excluding carboxylic acids is 1. The second-order valence-electron chi connectivity index (χ2n) is 6.94. The lowest BCUT2D eigenvalue weighted by molar-refractivity contribution is -0.112. The minimum atomic E-state index is -0.483. The number of aryl methyl sites for hydroxylation is 1. The van der Waals surface area contributed by atoms with Gasteiger partial charge < -0.3 is 14.8 Å². The Morgan fingerprint density at radius 2 is 1.88 bits per heavy atom. The highest BCUT2D eigenvalue weighted by atomic mass is 79.9. The van der Waals surface area contributed by atoms with Crippen LogP contribution in [0, 0.1) is 18.3 Å². The van der Waals surface area contributed by atoms with E-state index in [1.807, 2.05) is 55.5 Å². The number of anilines is 1. The summed E-state index contributed by atoms with van der Waals surface area (Å²) in [5.41, 5.74) is 3.25. The van der Waals surface area contributed by atoms with E-state index in [2.05, 4.69) is 37.2 Å². The van der Waals surface area contributed by atoms with Crippen LogP contribution >= 0.6 is 31.9 Å². The SMILES string of the molecule is COc1cc(/C=C(/C#N)C(=O)Nc2cccc(C)c2)cc(Br)c1OCc1ccc(Br)cc1. The standard InChI is InChI=1S/C25H20Br2N2O3/c1-16-4-3-5-21(10-16)29-25(30)19(14-28)11-18-12-22(27)24(23(13-18)31-2)32-15-17-6-8-20(26)9-7-17/h3-13H,15H2,1-2H3,(H,29,30)/b19-11-. The van der Waals surface area contributed by atoms with Gasteiger partial charge in [0.15, 0.2) is 11.5 Å².